The summed E-state index contributed by atoms with van der Waals surface area (Å²) in [5.74, 6) is 0.586. The van der Waals surface area contributed by atoms with Crippen molar-refractivity contribution in [1.82, 2.24) is 14.4 Å². The summed E-state index contributed by atoms with van der Waals surface area (Å²) in [6.07, 6.45) is 3.68. The van der Waals surface area contributed by atoms with Crippen LogP contribution in [0, 0.1) is 13.8 Å². The molecule has 2 amide bonds. The van der Waals surface area contributed by atoms with E-state index in [0.717, 1.165) is 11.1 Å². The van der Waals surface area contributed by atoms with Gasteiger partial charge >= 0.3 is 0 Å². The van der Waals surface area contributed by atoms with E-state index in [0.29, 0.717) is 43.1 Å². The third-order valence-electron chi connectivity index (χ3n) is 4.81. The highest BCUT2D eigenvalue weighted by molar-refractivity contribution is 5.99. The van der Waals surface area contributed by atoms with Gasteiger partial charge in [0, 0.05) is 45.6 Å². The minimum Gasteiger partial charge on any atom is -0.496 e. The summed E-state index contributed by atoms with van der Waals surface area (Å²) < 4.78 is 7.28. The molecule has 0 bridgehead atoms. The van der Waals surface area contributed by atoms with Crippen LogP contribution < -0.4 is 4.74 Å². The molecule has 0 aliphatic carbocycles. The summed E-state index contributed by atoms with van der Waals surface area (Å²) in [5, 5.41) is 0. The second kappa shape index (κ2) is 7.23. The molecule has 1 aliphatic heterocycles. The number of carbonyl (C=O) groups excluding carboxylic acids is 2. The lowest BCUT2D eigenvalue weighted by Crippen LogP contribution is -2.50. The number of rotatable bonds is 3. The Hall–Kier alpha value is -2.76. The van der Waals surface area contributed by atoms with Crippen LogP contribution in [0.1, 0.15) is 31.8 Å². The molecule has 2 aromatic rings. The molecule has 3 rings (SSSR count). The van der Waals surface area contributed by atoms with Gasteiger partial charge < -0.3 is 19.1 Å². The Morgan fingerprint density at radius 2 is 1.62 bits per heavy atom. The molecule has 1 fully saturated rings. The average Bonchev–Trinajstić information content (AvgIpc) is 3.06. The predicted molar refractivity (Wildman–Crippen MR) is 99.7 cm³/mol. The molecular weight excluding hydrogens is 330 g/mol. The standard InChI is InChI=1S/C20H25N3O3/c1-14-11-15(2)18(17(12-14)26-4)20(25)23-9-7-22(8-10-23)19(24)16-5-6-21(3)13-16/h5-6,11-13H,7-10H2,1-4H3. The lowest BCUT2D eigenvalue weighted by Gasteiger charge is -2.35. The lowest BCUT2D eigenvalue weighted by atomic mass is 10.0. The van der Waals surface area contributed by atoms with Crippen molar-refractivity contribution in [3.05, 3.63) is 52.8 Å². The van der Waals surface area contributed by atoms with Crippen LogP contribution in [0.3, 0.4) is 0 Å². The van der Waals surface area contributed by atoms with Crippen LogP contribution >= 0.6 is 0 Å². The number of nitrogens with zero attached hydrogens (tertiary/aromatic N) is 3. The summed E-state index contributed by atoms with van der Waals surface area (Å²) in [5.41, 5.74) is 3.27. The molecule has 0 radical (unpaired) electrons. The maximum Gasteiger partial charge on any atom is 0.258 e. The van der Waals surface area contributed by atoms with E-state index in [1.165, 1.54) is 0 Å². The van der Waals surface area contributed by atoms with E-state index in [9.17, 15) is 9.59 Å². The van der Waals surface area contributed by atoms with Crippen LogP contribution in [0.15, 0.2) is 30.6 Å². The van der Waals surface area contributed by atoms with Gasteiger partial charge in [-0.2, -0.15) is 0 Å². The fourth-order valence-electron chi connectivity index (χ4n) is 3.45. The van der Waals surface area contributed by atoms with Crippen molar-refractivity contribution in [2.24, 2.45) is 7.05 Å². The van der Waals surface area contributed by atoms with Gasteiger partial charge in [0.15, 0.2) is 0 Å². The number of carbonyl (C=O) groups is 2. The molecule has 2 heterocycles. The van der Waals surface area contributed by atoms with Crippen molar-refractivity contribution in [3.63, 3.8) is 0 Å². The molecule has 138 valence electrons. The number of amides is 2. The van der Waals surface area contributed by atoms with Gasteiger partial charge in [-0.3, -0.25) is 9.59 Å². The molecule has 1 saturated heterocycles. The molecule has 0 saturated carbocycles. The highest BCUT2D eigenvalue weighted by Crippen LogP contribution is 2.26. The zero-order chi connectivity index (χ0) is 18.8. The van der Waals surface area contributed by atoms with Crippen LogP contribution in [0.5, 0.6) is 5.75 Å². The minimum atomic E-state index is -0.0360. The molecule has 1 aliphatic rings. The summed E-state index contributed by atoms with van der Waals surface area (Å²) >= 11 is 0. The third-order valence-corrected chi connectivity index (χ3v) is 4.81. The Labute approximate surface area is 154 Å². The fraction of sp³-hybridized carbons (Fsp3) is 0.400. The minimum absolute atomic E-state index is 0.0156. The maximum absolute atomic E-state index is 13.0. The lowest BCUT2D eigenvalue weighted by molar-refractivity contribution is 0.0533. The van der Waals surface area contributed by atoms with Gasteiger partial charge in [-0.25, -0.2) is 0 Å². The van der Waals surface area contributed by atoms with E-state index in [2.05, 4.69) is 0 Å². The van der Waals surface area contributed by atoms with Gasteiger partial charge in [-0.05, 0) is 37.1 Å². The van der Waals surface area contributed by atoms with Crippen LogP contribution in [0.25, 0.3) is 0 Å². The monoisotopic (exact) mass is 355 g/mol. The highest BCUT2D eigenvalue weighted by atomic mass is 16.5. The summed E-state index contributed by atoms with van der Waals surface area (Å²) in [6.45, 7) is 6.02. The molecule has 1 aromatic carbocycles. The maximum atomic E-state index is 13.0. The molecule has 0 N–H and O–H groups in total. The second-order valence-electron chi connectivity index (χ2n) is 6.81. The van der Waals surface area contributed by atoms with Crippen molar-refractivity contribution in [2.75, 3.05) is 33.3 Å². The van der Waals surface area contributed by atoms with Crippen molar-refractivity contribution < 1.29 is 14.3 Å². The zero-order valence-corrected chi connectivity index (χ0v) is 15.8. The highest BCUT2D eigenvalue weighted by Gasteiger charge is 2.28. The third kappa shape index (κ3) is 3.45. The van der Waals surface area contributed by atoms with Crippen molar-refractivity contribution in [1.29, 1.82) is 0 Å². The van der Waals surface area contributed by atoms with E-state index in [4.69, 9.17) is 4.74 Å². The van der Waals surface area contributed by atoms with Crippen molar-refractivity contribution in [3.8, 4) is 5.75 Å². The molecule has 0 atom stereocenters. The van der Waals surface area contributed by atoms with Gasteiger partial charge in [0.1, 0.15) is 5.75 Å². The molecule has 0 unspecified atom stereocenters. The Morgan fingerprint density at radius 1 is 1.00 bits per heavy atom. The van der Waals surface area contributed by atoms with E-state index in [1.807, 2.05) is 56.1 Å². The summed E-state index contributed by atoms with van der Waals surface area (Å²) in [7, 11) is 3.48. The van der Waals surface area contributed by atoms with Gasteiger partial charge in [0.25, 0.3) is 11.8 Å². The van der Waals surface area contributed by atoms with Crippen LogP contribution in [0.2, 0.25) is 0 Å². The fourth-order valence-corrected chi connectivity index (χ4v) is 3.45. The van der Waals surface area contributed by atoms with E-state index in [-0.39, 0.29) is 11.8 Å². The van der Waals surface area contributed by atoms with Crippen molar-refractivity contribution in [2.45, 2.75) is 13.8 Å². The second-order valence-corrected chi connectivity index (χ2v) is 6.81. The Morgan fingerprint density at radius 3 is 2.15 bits per heavy atom. The largest absolute Gasteiger partial charge is 0.496 e. The van der Waals surface area contributed by atoms with Gasteiger partial charge in [0.2, 0.25) is 0 Å². The van der Waals surface area contributed by atoms with Gasteiger partial charge in [-0.1, -0.05) is 6.07 Å². The topological polar surface area (TPSA) is 54.8 Å². The molecule has 1 aromatic heterocycles. The normalized spacial score (nSPS) is 14.5. The number of ether oxygens (including phenoxy) is 1. The van der Waals surface area contributed by atoms with Gasteiger partial charge in [0.05, 0.1) is 18.2 Å². The number of methoxy groups -OCH3 is 1. The number of piperazine rings is 1. The summed E-state index contributed by atoms with van der Waals surface area (Å²) in [6, 6.07) is 5.70. The van der Waals surface area contributed by atoms with E-state index >= 15 is 0 Å². The number of aromatic nitrogens is 1. The van der Waals surface area contributed by atoms with Crippen LogP contribution in [-0.2, 0) is 7.05 Å². The molecule has 6 heteroatoms. The number of benzene rings is 1. The first-order chi connectivity index (χ1) is 12.4. The van der Waals surface area contributed by atoms with Crippen LogP contribution in [-0.4, -0.2) is 59.5 Å². The smallest absolute Gasteiger partial charge is 0.258 e. The van der Waals surface area contributed by atoms with E-state index < -0.39 is 0 Å². The van der Waals surface area contributed by atoms with Crippen molar-refractivity contribution >= 4 is 11.8 Å². The number of aryl methyl sites for hydroxylation is 3. The van der Waals surface area contributed by atoms with Crippen LogP contribution in [0.4, 0.5) is 0 Å². The first-order valence-electron chi connectivity index (χ1n) is 8.76. The summed E-state index contributed by atoms with van der Waals surface area (Å²) in [4.78, 5) is 29.1. The Kier molecular flexibility index (Phi) is 5.02. The predicted octanol–water partition coefficient (Wildman–Crippen LogP) is 2.25. The average molecular weight is 355 g/mol. The molecule has 0 spiro atoms. The molecular formula is C20H25N3O3. The number of hydrogen-bond donors (Lipinski definition) is 0. The number of hydrogen-bond acceptors (Lipinski definition) is 3. The SMILES string of the molecule is COc1cc(C)cc(C)c1C(=O)N1CCN(C(=O)c2ccn(C)c2)CC1. The first-order valence-corrected chi connectivity index (χ1v) is 8.76. The first kappa shape index (κ1) is 18.0. The zero-order valence-electron chi connectivity index (χ0n) is 15.8. The molecule has 26 heavy (non-hydrogen) atoms. The Balaban J connectivity index is 1.70. The van der Waals surface area contributed by atoms with E-state index in [1.54, 1.807) is 16.9 Å². The quantitative estimate of drug-likeness (QED) is 0.849. The van der Waals surface area contributed by atoms with Gasteiger partial charge in [-0.15, -0.1) is 0 Å². The molecule has 6 nitrogen and oxygen atoms in total. The Bertz CT molecular complexity index is 833.